The molecule has 2 rings (SSSR count). The number of hydrogen-bond donors (Lipinski definition) is 2. The van der Waals surface area contributed by atoms with Crippen LogP contribution in [0.5, 0.6) is 0 Å². The van der Waals surface area contributed by atoms with Gasteiger partial charge < -0.3 is 10.6 Å². The fourth-order valence-electron chi connectivity index (χ4n) is 2.67. The minimum absolute atomic E-state index is 0.0535. The monoisotopic (exact) mass is 328 g/mol. The van der Waals surface area contributed by atoms with E-state index in [4.69, 9.17) is 0 Å². The van der Waals surface area contributed by atoms with Crippen molar-refractivity contribution in [3.05, 3.63) is 29.6 Å². The highest BCUT2D eigenvalue weighted by atomic mass is 19.2. The smallest absolute Gasteiger partial charge is 0.233 e. The van der Waals surface area contributed by atoms with Gasteiger partial charge in [-0.1, -0.05) is 25.7 Å². The first-order chi connectivity index (χ1) is 11.0. The molecule has 2 N–H and O–H groups in total. The van der Waals surface area contributed by atoms with Crippen molar-refractivity contribution in [2.24, 2.45) is 0 Å². The first-order valence-electron chi connectivity index (χ1n) is 7.70. The number of nitrogens with one attached hydrogen (secondary N) is 2. The molecule has 2 amide bonds. The number of carbonyl (C=O) groups is 2. The number of amides is 2. The van der Waals surface area contributed by atoms with E-state index >= 15 is 0 Å². The Labute approximate surface area is 132 Å². The van der Waals surface area contributed by atoms with Gasteiger partial charge in [0.15, 0.2) is 17.5 Å². The van der Waals surface area contributed by atoms with Gasteiger partial charge in [-0.25, -0.2) is 13.2 Å². The summed E-state index contributed by atoms with van der Waals surface area (Å²) in [4.78, 5) is 23.6. The van der Waals surface area contributed by atoms with Crippen LogP contribution in [-0.4, -0.2) is 17.9 Å². The van der Waals surface area contributed by atoms with Crippen LogP contribution in [0.2, 0.25) is 0 Å². The minimum atomic E-state index is -1.66. The summed E-state index contributed by atoms with van der Waals surface area (Å²) in [5.74, 6) is -5.72. The van der Waals surface area contributed by atoms with Gasteiger partial charge in [-0.05, 0) is 25.0 Å². The zero-order chi connectivity index (χ0) is 16.8. The Bertz CT molecular complexity index is 585. The van der Waals surface area contributed by atoms with Gasteiger partial charge in [0.1, 0.15) is 6.42 Å². The number of carbonyl (C=O) groups excluding carboxylic acids is 2. The van der Waals surface area contributed by atoms with Crippen molar-refractivity contribution in [1.29, 1.82) is 0 Å². The third kappa shape index (κ3) is 4.97. The molecular formula is C16H19F3N2O2. The summed E-state index contributed by atoms with van der Waals surface area (Å²) in [7, 11) is 0. The third-order valence-corrected chi connectivity index (χ3v) is 3.85. The molecule has 0 atom stereocenters. The van der Waals surface area contributed by atoms with E-state index in [2.05, 4.69) is 10.6 Å². The topological polar surface area (TPSA) is 58.2 Å². The molecule has 0 aliphatic heterocycles. The van der Waals surface area contributed by atoms with Crippen LogP contribution in [-0.2, 0) is 9.59 Å². The lowest BCUT2D eigenvalue weighted by atomic mass is 10.1. The van der Waals surface area contributed by atoms with Gasteiger partial charge in [0.2, 0.25) is 11.8 Å². The van der Waals surface area contributed by atoms with E-state index in [0.717, 1.165) is 44.6 Å². The Kier molecular flexibility index (Phi) is 6.01. The molecule has 0 saturated heterocycles. The predicted octanol–water partition coefficient (Wildman–Crippen LogP) is 3.27. The normalized spacial score (nSPS) is 15.8. The summed E-state index contributed by atoms with van der Waals surface area (Å²) < 4.78 is 39.3. The molecule has 23 heavy (non-hydrogen) atoms. The fraction of sp³-hybridized carbons (Fsp3) is 0.500. The predicted molar refractivity (Wildman–Crippen MR) is 79.2 cm³/mol. The van der Waals surface area contributed by atoms with Crippen LogP contribution in [0.15, 0.2) is 12.1 Å². The molecule has 1 aromatic rings. The molecule has 1 saturated carbocycles. The SMILES string of the molecule is O=C(CC(=O)NC1CCCCCC1)Nc1ccc(F)c(F)c1F. The fourth-order valence-corrected chi connectivity index (χ4v) is 2.67. The Balaban J connectivity index is 1.86. The van der Waals surface area contributed by atoms with Gasteiger partial charge in [-0.2, -0.15) is 0 Å². The lowest BCUT2D eigenvalue weighted by Gasteiger charge is -2.16. The van der Waals surface area contributed by atoms with Crippen LogP contribution < -0.4 is 10.6 Å². The van der Waals surface area contributed by atoms with Crippen molar-refractivity contribution in [2.75, 3.05) is 5.32 Å². The number of rotatable bonds is 4. The van der Waals surface area contributed by atoms with E-state index in [9.17, 15) is 22.8 Å². The lowest BCUT2D eigenvalue weighted by Crippen LogP contribution is -2.36. The van der Waals surface area contributed by atoms with Crippen LogP contribution in [0.3, 0.4) is 0 Å². The highest BCUT2D eigenvalue weighted by molar-refractivity contribution is 6.03. The molecule has 0 heterocycles. The van der Waals surface area contributed by atoms with Gasteiger partial charge in [0.05, 0.1) is 5.69 Å². The second-order valence-electron chi connectivity index (χ2n) is 5.70. The summed E-state index contributed by atoms with van der Waals surface area (Å²) >= 11 is 0. The number of anilines is 1. The summed E-state index contributed by atoms with van der Waals surface area (Å²) in [6, 6.07) is 1.67. The summed E-state index contributed by atoms with van der Waals surface area (Å²) in [5.41, 5.74) is -0.490. The molecule has 7 heteroatoms. The second kappa shape index (κ2) is 7.99. The van der Waals surface area contributed by atoms with Crippen LogP contribution >= 0.6 is 0 Å². The Hall–Kier alpha value is -2.05. The molecule has 4 nitrogen and oxygen atoms in total. The molecule has 0 aromatic heterocycles. The Morgan fingerprint density at radius 3 is 2.26 bits per heavy atom. The maximum Gasteiger partial charge on any atom is 0.233 e. The van der Waals surface area contributed by atoms with Gasteiger partial charge >= 0.3 is 0 Å². The van der Waals surface area contributed by atoms with Gasteiger partial charge in [0, 0.05) is 6.04 Å². The van der Waals surface area contributed by atoms with Crippen molar-refractivity contribution >= 4 is 17.5 Å². The van der Waals surface area contributed by atoms with E-state index < -0.39 is 41.4 Å². The molecule has 0 radical (unpaired) electrons. The second-order valence-corrected chi connectivity index (χ2v) is 5.70. The molecular weight excluding hydrogens is 309 g/mol. The highest BCUT2D eigenvalue weighted by Crippen LogP contribution is 2.20. The molecule has 1 fully saturated rings. The van der Waals surface area contributed by atoms with Crippen molar-refractivity contribution < 1.29 is 22.8 Å². The van der Waals surface area contributed by atoms with Gasteiger partial charge in [-0.15, -0.1) is 0 Å². The molecule has 1 aliphatic rings. The average molecular weight is 328 g/mol. The van der Waals surface area contributed by atoms with Crippen LogP contribution in [0.25, 0.3) is 0 Å². The summed E-state index contributed by atoms with van der Waals surface area (Å²) in [5, 5.41) is 4.86. The zero-order valence-electron chi connectivity index (χ0n) is 12.6. The van der Waals surface area contributed by atoms with E-state index in [1.165, 1.54) is 0 Å². The van der Waals surface area contributed by atoms with Crippen LogP contribution in [0.1, 0.15) is 44.9 Å². The number of hydrogen-bond acceptors (Lipinski definition) is 2. The van der Waals surface area contributed by atoms with E-state index in [1.54, 1.807) is 0 Å². The molecule has 126 valence electrons. The largest absolute Gasteiger partial charge is 0.353 e. The van der Waals surface area contributed by atoms with E-state index in [1.807, 2.05) is 0 Å². The van der Waals surface area contributed by atoms with Crippen molar-refractivity contribution in [2.45, 2.75) is 51.0 Å². The number of benzene rings is 1. The number of halogens is 3. The molecule has 1 aliphatic carbocycles. The van der Waals surface area contributed by atoms with Crippen molar-refractivity contribution in [1.82, 2.24) is 5.32 Å². The van der Waals surface area contributed by atoms with E-state index in [0.29, 0.717) is 6.07 Å². The Morgan fingerprint density at radius 2 is 1.61 bits per heavy atom. The van der Waals surface area contributed by atoms with Crippen molar-refractivity contribution in [3.8, 4) is 0 Å². The lowest BCUT2D eigenvalue weighted by molar-refractivity contribution is -0.127. The first-order valence-corrected chi connectivity index (χ1v) is 7.70. The Morgan fingerprint density at radius 1 is 0.957 bits per heavy atom. The van der Waals surface area contributed by atoms with Gasteiger partial charge in [0.25, 0.3) is 0 Å². The first kappa shape index (κ1) is 17.3. The highest BCUT2D eigenvalue weighted by Gasteiger charge is 2.19. The van der Waals surface area contributed by atoms with E-state index in [-0.39, 0.29) is 6.04 Å². The minimum Gasteiger partial charge on any atom is -0.353 e. The summed E-state index contributed by atoms with van der Waals surface area (Å²) in [6.07, 6.45) is 5.63. The maximum atomic E-state index is 13.4. The molecule has 1 aromatic carbocycles. The third-order valence-electron chi connectivity index (χ3n) is 3.85. The molecule has 0 unspecified atom stereocenters. The maximum absolute atomic E-state index is 13.4. The van der Waals surface area contributed by atoms with Crippen LogP contribution in [0.4, 0.5) is 18.9 Å². The summed E-state index contributed by atoms with van der Waals surface area (Å²) in [6.45, 7) is 0. The van der Waals surface area contributed by atoms with Crippen molar-refractivity contribution in [3.63, 3.8) is 0 Å². The average Bonchev–Trinajstić information content (AvgIpc) is 2.76. The standard InChI is InChI=1S/C16H19F3N2O2/c17-11-7-8-12(16(19)15(11)18)21-14(23)9-13(22)20-10-5-3-1-2-4-6-10/h7-8,10H,1-6,9H2,(H,20,22)(H,21,23). The van der Waals surface area contributed by atoms with Gasteiger partial charge in [-0.3, -0.25) is 9.59 Å². The van der Waals surface area contributed by atoms with Crippen LogP contribution in [0, 0.1) is 17.5 Å². The quantitative estimate of drug-likeness (QED) is 0.506. The molecule has 0 spiro atoms. The molecule has 0 bridgehead atoms. The zero-order valence-corrected chi connectivity index (χ0v) is 12.6.